The number of hydrogen-bond donors (Lipinski definition) is 0. The van der Waals surface area contributed by atoms with Crippen LogP contribution in [0.1, 0.15) is 17.0 Å². The molecule has 7 nitrogen and oxygen atoms in total. The molecule has 0 saturated heterocycles. The highest BCUT2D eigenvalue weighted by Gasteiger charge is 2.20. The van der Waals surface area contributed by atoms with E-state index in [1.807, 2.05) is 6.07 Å². The van der Waals surface area contributed by atoms with Crippen LogP contribution in [0.2, 0.25) is 15.2 Å². The van der Waals surface area contributed by atoms with Gasteiger partial charge in [-0.05, 0) is 24.3 Å². The number of ether oxygens (including phenoxy) is 1. The largest absolute Gasteiger partial charge is 0.453 e. The Hall–Kier alpha value is -3.12. The Bertz CT molecular complexity index is 1330. The molecule has 0 atom stereocenters. The van der Waals surface area contributed by atoms with Gasteiger partial charge in [-0.15, -0.1) is 10.2 Å². The van der Waals surface area contributed by atoms with Crippen molar-refractivity contribution in [3.05, 3.63) is 74.6 Å². The summed E-state index contributed by atoms with van der Waals surface area (Å²) in [6.45, 7) is 0. The van der Waals surface area contributed by atoms with Crippen molar-refractivity contribution in [1.82, 2.24) is 20.0 Å². The molecule has 2 heterocycles. The molecule has 4 aromatic rings. The van der Waals surface area contributed by atoms with Crippen molar-refractivity contribution in [3.8, 4) is 29.0 Å². The fourth-order valence-corrected chi connectivity index (χ4v) is 3.35. The van der Waals surface area contributed by atoms with E-state index >= 15 is 4.39 Å². The fourth-order valence-electron chi connectivity index (χ4n) is 2.77. The summed E-state index contributed by atoms with van der Waals surface area (Å²) in [5.74, 6) is -0.405. The predicted molar refractivity (Wildman–Crippen MR) is 112 cm³/mol. The summed E-state index contributed by atoms with van der Waals surface area (Å²) in [5.41, 5.74) is 0.954. The van der Waals surface area contributed by atoms with E-state index in [-0.39, 0.29) is 50.9 Å². The number of rotatable bonds is 5. The standard InChI is InChI=1S/C20H11Cl3FN5O2/c1-29-19(23)14(9-26-29)20-28-27-16(31-20)6-11-2-3-15(22)18(17(11)24)30-13-5-10(8-25)4-12(21)7-13/h2-5,7,9H,6H2,1H3. The molecule has 0 aliphatic carbocycles. The Balaban J connectivity index is 1.62. The second-order valence-corrected chi connectivity index (χ2v) is 7.59. The maximum Gasteiger partial charge on any atom is 0.252 e. The molecule has 2 aromatic heterocycles. The maximum absolute atomic E-state index is 15.2. The van der Waals surface area contributed by atoms with Gasteiger partial charge in [-0.25, -0.2) is 4.39 Å². The fraction of sp³-hybridized carbons (Fsp3) is 0.100. The normalized spacial score (nSPS) is 10.8. The lowest BCUT2D eigenvalue weighted by atomic mass is 10.1. The molecular formula is C20H11Cl3FN5O2. The molecule has 0 radical (unpaired) electrons. The van der Waals surface area contributed by atoms with Gasteiger partial charge in [-0.3, -0.25) is 4.68 Å². The minimum Gasteiger partial charge on any atom is -0.453 e. The van der Waals surface area contributed by atoms with Crippen LogP contribution >= 0.6 is 34.8 Å². The smallest absolute Gasteiger partial charge is 0.252 e. The highest BCUT2D eigenvalue weighted by molar-refractivity contribution is 6.32. The summed E-state index contributed by atoms with van der Waals surface area (Å²) < 4.78 is 27.8. The summed E-state index contributed by atoms with van der Waals surface area (Å²) in [6, 6.07) is 9.27. The number of halogens is 4. The van der Waals surface area contributed by atoms with Crippen molar-refractivity contribution >= 4 is 34.8 Å². The van der Waals surface area contributed by atoms with Gasteiger partial charge in [-0.1, -0.05) is 40.9 Å². The van der Waals surface area contributed by atoms with Crippen LogP contribution in [-0.4, -0.2) is 20.0 Å². The van der Waals surface area contributed by atoms with Crippen molar-refractivity contribution in [2.75, 3.05) is 0 Å². The van der Waals surface area contributed by atoms with Gasteiger partial charge in [0, 0.05) is 17.6 Å². The Morgan fingerprint density at radius 2 is 2.00 bits per heavy atom. The molecular weight excluding hydrogens is 468 g/mol. The number of aromatic nitrogens is 4. The number of benzene rings is 2. The molecule has 0 bridgehead atoms. The third-order valence-corrected chi connectivity index (χ3v) is 5.22. The van der Waals surface area contributed by atoms with Crippen molar-refractivity contribution in [2.45, 2.75) is 6.42 Å². The number of nitriles is 1. The summed E-state index contributed by atoms with van der Waals surface area (Å²) in [7, 11) is 1.67. The molecule has 31 heavy (non-hydrogen) atoms. The third kappa shape index (κ3) is 4.35. The number of hydrogen-bond acceptors (Lipinski definition) is 6. The molecule has 0 unspecified atom stereocenters. The first-order valence-corrected chi connectivity index (χ1v) is 9.84. The van der Waals surface area contributed by atoms with E-state index in [1.165, 1.54) is 41.2 Å². The van der Waals surface area contributed by atoms with Crippen LogP contribution in [0.15, 0.2) is 40.9 Å². The maximum atomic E-state index is 15.2. The molecule has 0 amide bonds. The van der Waals surface area contributed by atoms with E-state index in [4.69, 9.17) is 49.2 Å². The zero-order valence-electron chi connectivity index (χ0n) is 15.7. The van der Waals surface area contributed by atoms with Gasteiger partial charge >= 0.3 is 0 Å². The first kappa shape index (κ1) is 21.1. The van der Waals surface area contributed by atoms with E-state index in [0.29, 0.717) is 10.7 Å². The molecule has 0 spiro atoms. The first-order chi connectivity index (χ1) is 14.9. The first-order valence-electron chi connectivity index (χ1n) is 8.71. The van der Waals surface area contributed by atoms with E-state index < -0.39 is 5.82 Å². The highest BCUT2D eigenvalue weighted by Crippen LogP contribution is 2.36. The van der Waals surface area contributed by atoms with Crippen LogP contribution in [-0.2, 0) is 13.5 Å². The van der Waals surface area contributed by atoms with Gasteiger partial charge in [0.05, 0.1) is 34.8 Å². The van der Waals surface area contributed by atoms with E-state index in [1.54, 1.807) is 7.05 Å². The number of aryl methyl sites for hydroxylation is 1. The molecule has 0 aliphatic heterocycles. The van der Waals surface area contributed by atoms with Gasteiger partial charge in [0.15, 0.2) is 11.6 Å². The van der Waals surface area contributed by atoms with Crippen molar-refractivity contribution in [2.24, 2.45) is 7.05 Å². The Morgan fingerprint density at radius 3 is 2.71 bits per heavy atom. The van der Waals surface area contributed by atoms with Gasteiger partial charge in [-0.2, -0.15) is 10.4 Å². The van der Waals surface area contributed by atoms with Gasteiger partial charge in [0.1, 0.15) is 10.9 Å². The lowest BCUT2D eigenvalue weighted by Crippen LogP contribution is -1.98. The summed E-state index contributed by atoms with van der Waals surface area (Å²) >= 11 is 18.2. The monoisotopic (exact) mass is 477 g/mol. The van der Waals surface area contributed by atoms with Gasteiger partial charge in [0.25, 0.3) is 5.89 Å². The molecule has 0 N–H and O–H groups in total. The molecule has 2 aromatic carbocycles. The second-order valence-electron chi connectivity index (χ2n) is 6.39. The molecule has 0 saturated carbocycles. The minimum atomic E-state index is -0.704. The van der Waals surface area contributed by atoms with Crippen LogP contribution in [0.3, 0.4) is 0 Å². The lowest BCUT2D eigenvalue weighted by molar-refractivity contribution is 0.437. The van der Waals surface area contributed by atoms with Gasteiger partial charge in [0.2, 0.25) is 5.89 Å². The highest BCUT2D eigenvalue weighted by atomic mass is 35.5. The lowest BCUT2D eigenvalue weighted by Gasteiger charge is -2.11. The van der Waals surface area contributed by atoms with Crippen molar-refractivity contribution < 1.29 is 13.5 Å². The van der Waals surface area contributed by atoms with E-state index in [0.717, 1.165) is 0 Å². The van der Waals surface area contributed by atoms with Crippen LogP contribution < -0.4 is 4.74 Å². The average molecular weight is 479 g/mol. The van der Waals surface area contributed by atoms with E-state index in [9.17, 15) is 0 Å². The molecule has 4 rings (SSSR count). The van der Waals surface area contributed by atoms with Crippen molar-refractivity contribution in [3.63, 3.8) is 0 Å². The number of nitrogens with zero attached hydrogens (tertiary/aromatic N) is 5. The second kappa shape index (κ2) is 8.55. The quantitative estimate of drug-likeness (QED) is 0.359. The molecule has 11 heteroatoms. The topological polar surface area (TPSA) is 89.8 Å². The Labute approximate surface area is 190 Å². The summed E-state index contributed by atoms with van der Waals surface area (Å²) in [4.78, 5) is 0. The Morgan fingerprint density at radius 1 is 1.19 bits per heavy atom. The predicted octanol–water partition coefficient (Wildman–Crippen LogP) is 5.82. The molecule has 0 fully saturated rings. The SMILES string of the molecule is Cn1ncc(-c2nnc(Cc3ccc(Cl)c(Oc4cc(Cl)cc(C#N)c4)c3F)o2)c1Cl. The average Bonchev–Trinajstić information content (AvgIpc) is 3.33. The van der Waals surface area contributed by atoms with Crippen LogP contribution in [0, 0.1) is 17.1 Å². The Kier molecular flexibility index (Phi) is 5.83. The summed E-state index contributed by atoms with van der Waals surface area (Å²) in [5, 5.41) is 21.6. The third-order valence-electron chi connectivity index (χ3n) is 4.25. The zero-order valence-corrected chi connectivity index (χ0v) is 18.0. The van der Waals surface area contributed by atoms with Crippen LogP contribution in [0.5, 0.6) is 11.5 Å². The van der Waals surface area contributed by atoms with E-state index in [2.05, 4.69) is 15.3 Å². The van der Waals surface area contributed by atoms with Crippen molar-refractivity contribution in [1.29, 1.82) is 5.26 Å². The van der Waals surface area contributed by atoms with Gasteiger partial charge < -0.3 is 9.15 Å². The molecule has 0 aliphatic rings. The minimum absolute atomic E-state index is 0.0107. The summed E-state index contributed by atoms with van der Waals surface area (Å²) in [6.07, 6.45) is 1.48. The zero-order chi connectivity index (χ0) is 22.1. The van der Waals surface area contributed by atoms with Crippen LogP contribution in [0.25, 0.3) is 11.5 Å². The van der Waals surface area contributed by atoms with Crippen LogP contribution in [0.4, 0.5) is 4.39 Å². The molecule has 156 valence electrons.